The van der Waals surface area contributed by atoms with Crippen LogP contribution in [0.2, 0.25) is 0 Å². The highest BCUT2D eigenvalue weighted by Gasteiger charge is 2.42. The van der Waals surface area contributed by atoms with Crippen LogP contribution in [-0.2, 0) is 24.0 Å². The van der Waals surface area contributed by atoms with Gasteiger partial charge in [0.25, 0.3) is 11.8 Å². The van der Waals surface area contributed by atoms with Gasteiger partial charge in [-0.3, -0.25) is 14.4 Å². The maximum Gasteiger partial charge on any atom is 0.334 e. The largest absolute Gasteiger partial charge is 0.355 e. The molecular formula is C19H28N4O6S3. The number of fused-ring (bicyclic) bond motifs is 1. The summed E-state index contributed by atoms with van der Waals surface area (Å²) in [4.78, 5) is 62.6. The molecule has 0 aromatic carbocycles. The minimum atomic E-state index is -0.604. The average Bonchev–Trinajstić information content (AvgIpc) is 3.40. The second-order valence-corrected chi connectivity index (χ2v) is 11.6. The lowest BCUT2D eigenvalue weighted by molar-refractivity contribution is -0.197. The standard InChI is InChI=1S/C19H28N4O6S3/c24-14(4-2-1-3-13-18-12(11-30-13)21-19(28)22-18)20-8-10-32-31-9-7-17(27)29-23-15(25)5-6-16(23)26/h12-13,18H,1-11H2,(H,20,24)(H2,21,22,28)/t12-,13-,18-/m0/s1. The molecule has 5 amide bonds. The summed E-state index contributed by atoms with van der Waals surface area (Å²) in [6, 6.07) is 0.374. The van der Waals surface area contributed by atoms with Crippen molar-refractivity contribution in [3.63, 3.8) is 0 Å². The molecule has 3 aliphatic rings. The van der Waals surface area contributed by atoms with Gasteiger partial charge in [0, 0.05) is 48.3 Å². The lowest BCUT2D eigenvalue weighted by Crippen LogP contribution is -2.36. The lowest BCUT2D eigenvalue weighted by atomic mass is 10.0. The molecule has 0 bridgehead atoms. The number of rotatable bonds is 13. The number of urea groups is 1. The van der Waals surface area contributed by atoms with Crippen LogP contribution >= 0.6 is 33.3 Å². The molecule has 3 saturated heterocycles. The van der Waals surface area contributed by atoms with Crippen molar-refractivity contribution in [1.82, 2.24) is 21.0 Å². The Bertz CT molecular complexity index is 724. The van der Waals surface area contributed by atoms with E-state index in [1.807, 2.05) is 11.8 Å². The molecule has 3 atom stereocenters. The summed E-state index contributed by atoms with van der Waals surface area (Å²) in [5, 5.41) is 9.78. The molecular weight excluding hydrogens is 476 g/mol. The van der Waals surface area contributed by atoms with Crippen LogP contribution in [-0.4, -0.2) is 75.9 Å². The molecule has 10 nitrogen and oxygen atoms in total. The van der Waals surface area contributed by atoms with Gasteiger partial charge in [0.15, 0.2) is 0 Å². The van der Waals surface area contributed by atoms with Gasteiger partial charge in [-0.15, -0.1) is 5.06 Å². The number of unbranched alkanes of at least 4 members (excludes halogenated alkanes) is 1. The van der Waals surface area contributed by atoms with Gasteiger partial charge >= 0.3 is 12.0 Å². The molecule has 0 radical (unpaired) electrons. The fourth-order valence-electron chi connectivity index (χ4n) is 3.64. The normalized spacial score (nSPS) is 24.3. The Hall–Kier alpha value is -1.60. The first-order valence-electron chi connectivity index (χ1n) is 10.7. The Labute approximate surface area is 198 Å². The van der Waals surface area contributed by atoms with Gasteiger partial charge < -0.3 is 20.8 Å². The number of nitrogens with one attached hydrogen (secondary N) is 3. The zero-order valence-electron chi connectivity index (χ0n) is 17.6. The van der Waals surface area contributed by atoms with Gasteiger partial charge in [-0.05, 0) is 12.8 Å². The molecule has 3 N–H and O–H groups in total. The van der Waals surface area contributed by atoms with Crippen LogP contribution in [0.5, 0.6) is 0 Å². The quantitative estimate of drug-likeness (QED) is 0.146. The Balaban J connectivity index is 1.12. The topological polar surface area (TPSA) is 134 Å². The Morgan fingerprint density at radius 3 is 2.59 bits per heavy atom. The third-order valence-electron chi connectivity index (χ3n) is 5.26. The Morgan fingerprint density at radius 2 is 1.81 bits per heavy atom. The van der Waals surface area contributed by atoms with Crippen molar-refractivity contribution in [3.05, 3.63) is 0 Å². The van der Waals surface area contributed by atoms with Gasteiger partial charge in [0.1, 0.15) is 0 Å². The first-order chi connectivity index (χ1) is 15.4. The maximum absolute atomic E-state index is 11.9. The molecule has 3 heterocycles. The van der Waals surface area contributed by atoms with E-state index in [1.165, 1.54) is 21.6 Å². The number of carbonyl (C=O) groups is 5. The molecule has 0 saturated carbocycles. The molecule has 0 aromatic rings. The van der Waals surface area contributed by atoms with Gasteiger partial charge in [0.2, 0.25) is 5.91 Å². The predicted molar refractivity (Wildman–Crippen MR) is 124 cm³/mol. The monoisotopic (exact) mass is 504 g/mol. The zero-order valence-corrected chi connectivity index (χ0v) is 20.1. The van der Waals surface area contributed by atoms with Crippen molar-refractivity contribution in [1.29, 1.82) is 0 Å². The Morgan fingerprint density at radius 1 is 1.06 bits per heavy atom. The van der Waals surface area contributed by atoms with Crippen molar-refractivity contribution < 1.29 is 28.8 Å². The minimum Gasteiger partial charge on any atom is -0.355 e. The van der Waals surface area contributed by atoms with Crippen molar-refractivity contribution in [2.45, 2.75) is 62.3 Å². The third-order valence-corrected chi connectivity index (χ3v) is 9.18. The second-order valence-electron chi connectivity index (χ2n) is 7.66. The van der Waals surface area contributed by atoms with E-state index >= 15 is 0 Å². The summed E-state index contributed by atoms with van der Waals surface area (Å²) in [5.74, 6) is 0.621. The van der Waals surface area contributed by atoms with E-state index in [1.54, 1.807) is 0 Å². The van der Waals surface area contributed by atoms with Gasteiger partial charge in [-0.2, -0.15) is 11.8 Å². The van der Waals surface area contributed by atoms with E-state index in [9.17, 15) is 24.0 Å². The molecule has 13 heteroatoms. The van der Waals surface area contributed by atoms with Crippen LogP contribution in [0, 0.1) is 0 Å². The average molecular weight is 505 g/mol. The number of imide groups is 1. The zero-order chi connectivity index (χ0) is 22.9. The van der Waals surface area contributed by atoms with Crippen molar-refractivity contribution in [2.24, 2.45) is 0 Å². The number of carbonyl (C=O) groups excluding carboxylic acids is 5. The van der Waals surface area contributed by atoms with Crippen LogP contribution in [0.15, 0.2) is 0 Å². The number of hydrogen-bond acceptors (Lipinski definition) is 9. The van der Waals surface area contributed by atoms with E-state index in [2.05, 4.69) is 16.0 Å². The second kappa shape index (κ2) is 12.6. The summed E-state index contributed by atoms with van der Waals surface area (Å²) in [6.45, 7) is 0.553. The van der Waals surface area contributed by atoms with Crippen molar-refractivity contribution >= 4 is 63.1 Å². The summed E-state index contributed by atoms with van der Waals surface area (Å²) in [5.41, 5.74) is 0. The van der Waals surface area contributed by atoms with Crippen LogP contribution in [0.25, 0.3) is 0 Å². The molecule has 3 fully saturated rings. The van der Waals surface area contributed by atoms with Crippen molar-refractivity contribution in [2.75, 3.05) is 23.8 Å². The molecule has 3 aliphatic heterocycles. The first-order valence-corrected chi connectivity index (χ1v) is 14.2. The predicted octanol–water partition coefficient (Wildman–Crippen LogP) is 1.21. The maximum atomic E-state index is 11.9. The first kappa shape index (κ1) is 25.0. The summed E-state index contributed by atoms with van der Waals surface area (Å²) in [7, 11) is 3.01. The molecule has 0 aliphatic carbocycles. The molecule has 32 heavy (non-hydrogen) atoms. The summed E-state index contributed by atoms with van der Waals surface area (Å²) < 4.78 is 0. The number of thioether (sulfide) groups is 1. The fraction of sp³-hybridized carbons (Fsp3) is 0.737. The molecule has 0 unspecified atom stereocenters. The molecule has 0 aromatic heterocycles. The summed E-state index contributed by atoms with van der Waals surface area (Å²) >= 11 is 1.88. The minimum absolute atomic E-state index is 0.0342. The van der Waals surface area contributed by atoms with E-state index in [0.717, 1.165) is 25.0 Å². The highest BCUT2D eigenvalue weighted by molar-refractivity contribution is 8.76. The highest BCUT2D eigenvalue weighted by Crippen LogP contribution is 2.33. The molecule has 0 spiro atoms. The number of hydrogen-bond donors (Lipinski definition) is 3. The van der Waals surface area contributed by atoms with E-state index in [0.29, 0.717) is 34.8 Å². The lowest BCUT2D eigenvalue weighted by Gasteiger charge is -2.16. The highest BCUT2D eigenvalue weighted by atomic mass is 33.1. The van der Waals surface area contributed by atoms with E-state index < -0.39 is 17.8 Å². The number of nitrogens with zero attached hydrogens (tertiary/aromatic N) is 1. The molecule has 178 valence electrons. The summed E-state index contributed by atoms with van der Waals surface area (Å²) in [6.07, 6.45) is 3.54. The van der Waals surface area contributed by atoms with Crippen LogP contribution < -0.4 is 16.0 Å². The fourth-order valence-corrected chi connectivity index (χ4v) is 7.06. The Kier molecular flexibility index (Phi) is 9.85. The van der Waals surface area contributed by atoms with E-state index in [-0.39, 0.29) is 43.3 Å². The SMILES string of the molecule is O=C(CCCC[C@@H]1SC[C@@H]2NC(=O)N[C@@H]21)NCCSSCCC(=O)ON1C(=O)CCC1=O. The van der Waals surface area contributed by atoms with Crippen LogP contribution in [0.3, 0.4) is 0 Å². The van der Waals surface area contributed by atoms with E-state index in [4.69, 9.17) is 4.84 Å². The van der Waals surface area contributed by atoms with Gasteiger partial charge in [-0.1, -0.05) is 28.0 Å². The van der Waals surface area contributed by atoms with Crippen LogP contribution in [0.1, 0.15) is 44.9 Å². The molecule has 3 rings (SSSR count). The van der Waals surface area contributed by atoms with Crippen molar-refractivity contribution in [3.8, 4) is 0 Å². The van der Waals surface area contributed by atoms with Gasteiger partial charge in [0.05, 0.1) is 18.5 Å². The number of hydroxylamine groups is 2. The number of amides is 5. The third kappa shape index (κ3) is 7.48. The van der Waals surface area contributed by atoms with Crippen LogP contribution in [0.4, 0.5) is 4.79 Å². The van der Waals surface area contributed by atoms with Gasteiger partial charge in [-0.25, -0.2) is 9.59 Å². The smallest absolute Gasteiger partial charge is 0.334 e.